The van der Waals surface area contributed by atoms with E-state index >= 15 is 4.39 Å². The highest BCUT2D eigenvalue weighted by Gasteiger charge is 2.23. The number of nitrogens with one attached hydrogen (secondary N) is 2. The van der Waals surface area contributed by atoms with Gasteiger partial charge in [-0.05, 0) is 45.2 Å². The van der Waals surface area contributed by atoms with Crippen LogP contribution in [0.15, 0.2) is 55.3 Å². The molecule has 1 saturated heterocycles. The highest BCUT2D eigenvalue weighted by molar-refractivity contribution is 6.02. The molecule has 4 aromatic rings. The average molecular weight is 615 g/mol. The molecule has 1 aliphatic rings. The summed E-state index contributed by atoms with van der Waals surface area (Å²) in [6.45, 7) is 10.9. The summed E-state index contributed by atoms with van der Waals surface area (Å²) in [5.41, 5.74) is 3.85. The number of aromatic nitrogens is 3. The zero-order valence-corrected chi connectivity index (χ0v) is 26.5. The standard InChI is InChI=1S/C33H39FN8O3/c1-8-30(43)36-24-17-25(29(45-7)18-27(24)41-13-11-40(6)12-14-41)37-33-35-19-23(34)31(38-33)22-10-9-21-15-28(32(44)39(4)5)42(20(2)3)26(21)16-22/h8-10,15-20H,1,11-14H2,2-7H3,(H,36,43)(H,35,37,38). The van der Waals surface area contributed by atoms with Crippen molar-refractivity contribution in [2.45, 2.75) is 19.9 Å². The van der Waals surface area contributed by atoms with Gasteiger partial charge in [0.1, 0.15) is 17.1 Å². The van der Waals surface area contributed by atoms with E-state index in [1.165, 1.54) is 11.0 Å². The van der Waals surface area contributed by atoms with Gasteiger partial charge in [0.25, 0.3) is 5.91 Å². The number of benzene rings is 2. The molecule has 236 valence electrons. The zero-order chi connectivity index (χ0) is 32.4. The van der Waals surface area contributed by atoms with Gasteiger partial charge in [-0.2, -0.15) is 0 Å². The van der Waals surface area contributed by atoms with E-state index in [1.54, 1.807) is 33.3 Å². The number of hydrogen-bond donors (Lipinski definition) is 2. The molecule has 45 heavy (non-hydrogen) atoms. The van der Waals surface area contributed by atoms with Crippen molar-refractivity contribution < 1.29 is 18.7 Å². The summed E-state index contributed by atoms with van der Waals surface area (Å²) in [4.78, 5) is 40.0. The topological polar surface area (TPSA) is 108 Å². The number of carbonyl (C=O) groups is 2. The fraction of sp³-hybridized carbons (Fsp3) is 0.333. The maximum Gasteiger partial charge on any atom is 0.270 e. The molecule has 0 saturated carbocycles. The second-order valence-corrected chi connectivity index (χ2v) is 11.5. The Morgan fingerprint density at radius 3 is 2.47 bits per heavy atom. The van der Waals surface area contributed by atoms with Gasteiger partial charge in [-0.25, -0.2) is 14.4 Å². The van der Waals surface area contributed by atoms with E-state index in [0.29, 0.717) is 28.4 Å². The first-order chi connectivity index (χ1) is 21.5. The molecule has 0 atom stereocenters. The number of ether oxygens (including phenoxy) is 1. The molecule has 0 spiro atoms. The Morgan fingerprint density at radius 1 is 1.09 bits per heavy atom. The Hall–Kier alpha value is -4.97. The lowest BCUT2D eigenvalue weighted by molar-refractivity contribution is -0.111. The second-order valence-electron chi connectivity index (χ2n) is 11.5. The molecule has 2 aromatic heterocycles. The predicted molar refractivity (Wildman–Crippen MR) is 176 cm³/mol. The van der Waals surface area contributed by atoms with Gasteiger partial charge in [0, 0.05) is 68.8 Å². The number of methoxy groups -OCH3 is 1. The first-order valence-corrected chi connectivity index (χ1v) is 14.8. The van der Waals surface area contributed by atoms with Crippen LogP contribution in [-0.4, -0.2) is 90.6 Å². The highest BCUT2D eigenvalue weighted by Crippen LogP contribution is 2.39. The Balaban J connectivity index is 1.53. The van der Waals surface area contributed by atoms with Gasteiger partial charge in [0.2, 0.25) is 11.9 Å². The largest absolute Gasteiger partial charge is 0.494 e. The Kier molecular flexibility index (Phi) is 9.05. The minimum Gasteiger partial charge on any atom is -0.494 e. The summed E-state index contributed by atoms with van der Waals surface area (Å²) in [6.07, 6.45) is 2.33. The maximum absolute atomic E-state index is 15.3. The van der Waals surface area contributed by atoms with E-state index in [1.807, 2.05) is 42.7 Å². The lowest BCUT2D eigenvalue weighted by atomic mass is 10.1. The van der Waals surface area contributed by atoms with Crippen molar-refractivity contribution in [2.24, 2.45) is 0 Å². The summed E-state index contributed by atoms with van der Waals surface area (Å²) in [6, 6.07) is 10.9. The van der Waals surface area contributed by atoms with E-state index < -0.39 is 5.82 Å². The molecule has 1 aliphatic heterocycles. The van der Waals surface area contributed by atoms with Crippen LogP contribution in [0.4, 0.5) is 27.4 Å². The van der Waals surface area contributed by atoms with Crippen molar-refractivity contribution in [3.63, 3.8) is 0 Å². The van der Waals surface area contributed by atoms with Gasteiger partial charge in [-0.15, -0.1) is 0 Å². The first-order valence-electron chi connectivity index (χ1n) is 14.8. The molecule has 0 radical (unpaired) electrons. The average Bonchev–Trinajstić information content (AvgIpc) is 3.41. The van der Waals surface area contributed by atoms with Crippen molar-refractivity contribution in [3.8, 4) is 17.0 Å². The number of likely N-dealkylation sites (N-methyl/N-ethyl adjacent to an activating group) is 1. The second kappa shape index (κ2) is 12.9. The van der Waals surface area contributed by atoms with Gasteiger partial charge in [0.15, 0.2) is 5.82 Å². The van der Waals surface area contributed by atoms with Crippen molar-refractivity contribution in [1.29, 1.82) is 0 Å². The Bertz CT molecular complexity index is 1760. The lowest BCUT2D eigenvalue weighted by Crippen LogP contribution is -2.44. The monoisotopic (exact) mass is 614 g/mol. The van der Waals surface area contributed by atoms with Crippen LogP contribution >= 0.6 is 0 Å². The third-order valence-corrected chi connectivity index (χ3v) is 7.85. The van der Waals surface area contributed by atoms with Crippen molar-refractivity contribution in [2.75, 3.05) is 70.0 Å². The molecule has 11 nitrogen and oxygen atoms in total. The number of halogens is 1. The van der Waals surface area contributed by atoms with Gasteiger partial charge in [-0.1, -0.05) is 18.7 Å². The summed E-state index contributed by atoms with van der Waals surface area (Å²) in [5, 5.41) is 6.92. The van der Waals surface area contributed by atoms with Gasteiger partial charge < -0.3 is 34.6 Å². The fourth-order valence-corrected chi connectivity index (χ4v) is 5.50. The molecule has 3 heterocycles. The minimum atomic E-state index is -0.594. The molecular formula is C33H39FN8O3. The number of rotatable bonds is 9. The third-order valence-electron chi connectivity index (χ3n) is 7.85. The minimum absolute atomic E-state index is 0.0128. The summed E-state index contributed by atoms with van der Waals surface area (Å²) in [7, 11) is 7.06. The van der Waals surface area contributed by atoms with E-state index in [2.05, 4.69) is 44.0 Å². The normalized spacial score (nSPS) is 13.6. The molecule has 0 bridgehead atoms. The van der Waals surface area contributed by atoms with Gasteiger partial charge in [0.05, 0.1) is 30.4 Å². The highest BCUT2D eigenvalue weighted by atomic mass is 19.1. The summed E-state index contributed by atoms with van der Waals surface area (Å²) in [5.74, 6) is -0.412. The van der Waals surface area contributed by atoms with Crippen molar-refractivity contribution >= 4 is 45.7 Å². The van der Waals surface area contributed by atoms with E-state index in [0.717, 1.165) is 49.0 Å². The van der Waals surface area contributed by atoms with Crippen molar-refractivity contribution in [3.05, 3.63) is 66.8 Å². The van der Waals surface area contributed by atoms with Crippen LogP contribution < -0.4 is 20.3 Å². The van der Waals surface area contributed by atoms with Crippen molar-refractivity contribution in [1.82, 2.24) is 24.3 Å². The molecule has 2 aromatic carbocycles. The summed E-state index contributed by atoms with van der Waals surface area (Å²) < 4.78 is 22.9. The Labute approximate surface area is 262 Å². The molecule has 1 fully saturated rings. The maximum atomic E-state index is 15.3. The number of hydrogen-bond acceptors (Lipinski definition) is 8. The molecule has 0 unspecified atom stereocenters. The quantitative estimate of drug-likeness (QED) is 0.250. The van der Waals surface area contributed by atoms with Gasteiger partial charge >= 0.3 is 0 Å². The van der Waals surface area contributed by atoms with E-state index in [4.69, 9.17) is 4.74 Å². The summed E-state index contributed by atoms with van der Waals surface area (Å²) >= 11 is 0. The van der Waals surface area contributed by atoms with E-state index in [-0.39, 0.29) is 29.5 Å². The Morgan fingerprint density at radius 2 is 1.82 bits per heavy atom. The molecule has 12 heteroatoms. The molecule has 2 N–H and O–H groups in total. The van der Waals surface area contributed by atoms with Gasteiger partial charge in [-0.3, -0.25) is 9.59 Å². The molecule has 0 aliphatic carbocycles. The van der Waals surface area contributed by atoms with Crippen LogP contribution in [0.1, 0.15) is 30.4 Å². The number of amides is 2. The predicted octanol–water partition coefficient (Wildman–Crippen LogP) is 5.15. The fourth-order valence-electron chi connectivity index (χ4n) is 5.50. The van der Waals surface area contributed by atoms with Crippen LogP contribution in [0.3, 0.4) is 0 Å². The molecule has 5 rings (SSSR count). The smallest absolute Gasteiger partial charge is 0.270 e. The van der Waals surface area contributed by atoms with Crippen LogP contribution in [0, 0.1) is 5.82 Å². The van der Waals surface area contributed by atoms with Crippen LogP contribution in [-0.2, 0) is 4.79 Å². The molecular weight excluding hydrogens is 575 g/mol. The number of fused-ring (bicyclic) bond motifs is 1. The lowest BCUT2D eigenvalue weighted by Gasteiger charge is -2.35. The van der Waals surface area contributed by atoms with E-state index in [9.17, 15) is 9.59 Å². The number of carbonyl (C=O) groups excluding carboxylic acids is 2. The SMILES string of the molecule is C=CC(=O)Nc1cc(Nc2ncc(F)c(-c3ccc4cc(C(=O)N(C)C)n(C(C)C)c4c3)n2)c(OC)cc1N1CCN(C)CC1. The zero-order valence-electron chi connectivity index (χ0n) is 26.5. The van der Waals surface area contributed by atoms with Crippen LogP contribution in [0.5, 0.6) is 5.75 Å². The first kappa shape index (κ1) is 31.5. The number of piperazine rings is 1. The van der Waals surface area contributed by atoms with Crippen LogP contribution in [0.2, 0.25) is 0 Å². The van der Waals surface area contributed by atoms with Crippen LogP contribution in [0.25, 0.3) is 22.2 Å². The number of nitrogens with zero attached hydrogens (tertiary/aromatic N) is 6. The number of anilines is 4. The molecule has 2 amide bonds. The third kappa shape index (κ3) is 6.46.